The van der Waals surface area contributed by atoms with Crippen molar-refractivity contribution >= 4 is 17.2 Å². The lowest BCUT2D eigenvalue weighted by atomic mass is 9.98. The number of rotatable bonds is 4. The van der Waals surface area contributed by atoms with Crippen molar-refractivity contribution in [1.82, 2.24) is 19.9 Å². The Kier molecular flexibility index (Phi) is 5.59. The Balaban J connectivity index is 1.51. The number of hydrogen-bond donors (Lipinski definition) is 1. The normalized spacial score (nSPS) is 17.3. The maximum absolute atomic E-state index is 12.9. The van der Waals surface area contributed by atoms with Crippen LogP contribution >= 0.6 is 11.3 Å². The molecule has 0 aromatic carbocycles. The number of aryl methyl sites for hydroxylation is 1. The Morgan fingerprint density at radius 1 is 1.30 bits per heavy atom. The number of aromatic nitrogens is 4. The van der Waals surface area contributed by atoms with E-state index in [1.165, 1.54) is 6.07 Å². The summed E-state index contributed by atoms with van der Waals surface area (Å²) in [4.78, 5) is 29.3. The van der Waals surface area contributed by atoms with Gasteiger partial charge in [-0.25, -0.2) is 15.0 Å². The monoisotopic (exact) mass is 435 g/mol. The molecule has 1 fully saturated rings. The third-order valence-electron chi connectivity index (χ3n) is 5.09. The molecule has 1 unspecified atom stereocenters. The Morgan fingerprint density at radius 2 is 2.13 bits per heavy atom. The molecule has 10 heteroatoms. The number of thiazole rings is 1. The van der Waals surface area contributed by atoms with Crippen molar-refractivity contribution in [2.24, 2.45) is 0 Å². The molecular weight excluding hydrogens is 415 g/mol. The van der Waals surface area contributed by atoms with Gasteiger partial charge in [-0.15, -0.1) is 11.3 Å². The van der Waals surface area contributed by atoms with Crippen LogP contribution in [0.4, 0.5) is 19.0 Å². The van der Waals surface area contributed by atoms with E-state index < -0.39 is 11.9 Å². The number of halogens is 3. The molecule has 0 bridgehead atoms. The van der Waals surface area contributed by atoms with Gasteiger partial charge in [0.2, 0.25) is 0 Å². The summed E-state index contributed by atoms with van der Waals surface area (Å²) < 4.78 is 38.6. The van der Waals surface area contributed by atoms with Crippen LogP contribution in [0.25, 0.3) is 11.4 Å². The number of hydrogen-bond acceptors (Lipinski definition) is 6. The van der Waals surface area contributed by atoms with E-state index in [4.69, 9.17) is 0 Å². The lowest BCUT2D eigenvalue weighted by molar-refractivity contribution is -0.140. The fourth-order valence-corrected chi connectivity index (χ4v) is 4.49. The van der Waals surface area contributed by atoms with Gasteiger partial charge in [-0.1, -0.05) is 6.92 Å². The van der Waals surface area contributed by atoms with Crippen molar-refractivity contribution in [1.29, 1.82) is 0 Å². The van der Waals surface area contributed by atoms with Crippen LogP contribution in [-0.2, 0) is 12.6 Å². The van der Waals surface area contributed by atoms with Crippen LogP contribution in [0.5, 0.6) is 0 Å². The fraction of sp³-hybridized carbons (Fsp3) is 0.400. The van der Waals surface area contributed by atoms with Gasteiger partial charge in [-0.3, -0.25) is 4.79 Å². The Morgan fingerprint density at radius 3 is 2.80 bits per heavy atom. The Hall–Kier alpha value is -2.75. The summed E-state index contributed by atoms with van der Waals surface area (Å²) >= 11 is 1.06. The first-order valence-electron chi connectivity index (χ1n) is 9.67. The van der Waals surface area contributed by atoms with Crippen LogP contribution in [0.15, 0.2) is 34.6 Å². The van der Waals surface area contributed by atoms with E-state index in [-0.39, 0.29) is 11.5 Å². The number of alkyl halides is 3. The van der Waals surface area contributed by atoms with Gasteiger partial charge < -0.3 is 9.88 Å². The number of piperidine rings is 1. The SMILES string of the molecule is CCc1cc(=O)[nH]c(-c2ccc(N3CCCC(c4nc(C(F)(F)F)cs4)C3)nc2)n1. The van der Waals surface area contributed by atoms with Crippen molar-refractivity contribution in [3.63, 3.8) is 0 Å². The first-order chi connectivity index (χ1) is 14.3. The molecule has 1 saturated heterocycles. The second-order valence-corrected chi connectivity index (χ2v) is 8.09. The summed E-state index contributed by atoms with van der Waals surface area (Å²) in [5.74, 6) is 1.16. The van der Waals surface area contributed by atoms with Gasteiger partial charge >= 0.3 is 6.18 Å². The van der Waals surface area contributed by atoms with Crippen molar-refractivity contribution < 1.29 is 13.2 Å². The molecule has 1 N–H and O–H groups in total. The molecule has 6 nitrogen and oxygen atoms in total. The van der Waals surface area contributed by atoms with Gasteiger partial charge in [-0.2, -0.15) is 13.2 Å². The van der Waals surface area contributed by atoms with E-state index in [1.54, 1.807) is 6.20 Å². The van der Waals surface area contributed by atoms with Crippen molar-refractivity contribution in [3.05, 3.63) is 56.5 Å². The maximum Gasteiger partial charge on any atom is 0.434 e. The van der Waals surface area contributed by atoms with Crippen molar-refractivity contribution in [2.75, 3.05) is 18.0 Å². The van der Waals surface area contributed by atoms with Crippen molar-refractivity contribution in [3.8, 4) is 11.4 Å². The first kappa shape index (κ1) is 20.5. The van der Waals surface area contributed by atoms with Gasteiger partial charge in [0.25, 0.3) is 5.56 Å². The van der Waals surface area contributed by atoms with Crippen LogP contribution in [0, 0.1) is 0 Å². The molecule has 0 aliphatic carbocycles. The summed E-state index contributed by atoms with van der Waals surface area (Å²) in [5, 5.41) is 1.60. The minimum absolute atomic E-state index is 0.0550. The quantitative estimate of drug-likeness (QED) is 0.663. The predicted octanol–water partition coefficient (Wildman–Crippen LogP) is 4.25. The highest BCUT2D eigenvalue weighted by atomic mass is 32.1. The summed E-state index contributed by atoms with van der Waals surface area (Å²) in [6.45, 7) is 3.28. The number of aromatic amines is 1. The number of anilines is 1. The molecule has 4 heterocycles. The van der Waals surface area contributed by atoms with Crippen LogP contribution in [0.1, 0.15) is 42.1 Å². The van der Waals surface area contributed by atoms with Gasteiger partial charge in [-0.05, 0) is 31.4 Å². The molecule has 1 aliphatic heterocycles. The van der Waals surface area contributed by atoms with Crippen LogP contribution in [0.3, 0.4) is 0 Å². The average Bonchev–Trinajstić information content (AvgIpc) is 3.24. The summed E-state index contributed by atoms with van der Waals surface area (Å²) in [7, 11) is 0. The topological polar surface area (TPSA) is 74.8 Å². The zero-order valence-corrected chi connectivity index (χ0v) is 17.1. The standard InChI is InChI=1S/C20H20F3N5OS/c1-2-14-8-17(29)27-18(25-14)12-5-6-16(24-9-12)28-7-3-4-13(10-28)19-26-15(11-30-19)20(21,22)23/h5-6,8-9,11,13H,2-4,7,10H2,1H3,(H,25,27,29). The highest BCUT2D eigenvalue weighted by Gasteiger charge is 2.35. The second kappa shape index (κ2) is 8.17. The minimum atomic E-state index is -4.41. The number of H-pyrrole nitrogens is 1. The molecule has 0 radical (unpaired) electrons. The summed E-state index contributed by atoms with van der Waals surface area (Å²) in [5.41, 5.74) is 0.382. The van der Waals surface area contributed by atoms with E-state index >= 15 is 0 Å². The second-order valence-electron chi connectivity index (χ2n) is 7.20. The third kappa shape index (κ3) is 4.38. The van der Waals surface area contributed by atoms with E-state index in [9.17, 15) is 18.0 Å². The van der Waals surface area contributed by atoms with Crippen LogP contribution in [-0.4, -0.2) is 33.0 Å². The zero-order chi connectivity index (χ0) is 21.3. The number of nitrogens with zero attached hydrogens (tertiary/aromatic N) is 4. The highest BCUT2D eigenvalue weighted by Crippen LogP contribution is 2.35. The minimum Gasteiger partial charge on any atom is -0.356 e. The van der Waals surface area contributed by atoms with Crippen molar-refractivity contribution in [2.45, 2.75) is 38.3 Å². The smallest absolute Gasteiger partial charge is 0.356 e. The fourth-order valence-electron chi connectivity index (χ4n) is 3.53. The molecule has 3 aromatic rings. The molecule has 3 aromatic heterocycles. The maximum atomic E-state index is 12.9. The van der Waals surface area contributed by atoms with Gasteiger partial charge in [0.15, 0.2) is 5.69 Å². The third-order valence-corrected chi connectivity index (χ3v) is 6.09. The molecule has 0 saturated carbocycles. The predicted molar refractivity (Wildman–Crippen MR) is 109 cm³/mol. The summed E-state index contributed by atoms with van der Waals surface area (Å²) in [6.07, 6.45) is -0.451. The number of pyridine rings is 1. The lowest BCUT2D eigenvalue weighted by Gasteiger charge is -2.32. The molecule has 30 heavy (non-hydrogen) atoms. The van der Waals surface area contributed by atoms with E-state index in [2.05, 4.69) is 24.8 Å². The number of nitrogens with one attached hydrogen (secondary N) is 1. The lowest BCUT2D eigenvalue weighted by Crippen LogP contribution is -2.34. The molecule has 0 amide bonds. The summed E-state index contributed by atoms with van der Waals surface area (Å²) in [6, 6.07) is 5.16. The van der Waals surface area contributed by atoms with Crippen LogP contribution in [0.2, 0.25) is 0 Å². The van der Waals surface area contributed by atoms with Gasteiger partial charge in [0.05, 0.1) is 5.01 Å². The van der Waals surface area contributed by atoms with Crippen LogP contribution < -0.4 is 10.5 Å². The first-order valence-corrected chi connectivity index (χ1v) is 10.6. The van der Waals surface area contributed by atoms with Gasteiger partial charge in [0, 0.05) is 47.9 Å². The molecule has 1 atom stereocenters. The van der Waals surface area contributed by atoms with Gasteiger partial charge in [0.1, 0.15) is 11.6 Å². The highest BCUT2D eigenvalue weighted by molar-refractivity contribution is 7.09. The van der Waals surface area contributed by atoms with E-state index in [1.807, 2.05) is 19.1 Å². The molecule has 0 spiro atoms. The van der Waals surface area contributed by atoms with E-state index in [0.29, 0.717) is 35.1 Å². The molecular formula is C20H20F3N5OS. The molecule has 1 aliphatic rings. The Labute approximate surface area is 174 Å². The Bertz CT molecular complexity index is 1080. The van der Waals surface area contributed by atoms with E-state index in [0.717, 1.165) is 41.9 Å². The molecule has 4 rings (SSSR count). The largest absolute Gasteiger partial charge is 0.434 e. The zero-order valence-electron chi connectivity index (χ0n) is 16.2. The average molecular weight is 435 g/mol. The molecule has 158 valence electrons.